The SMILES string of the molecule is CCCCN(CCCC)C(=O)COc1ccc(F)cc1. The topological polar surface area (TPSA) is 29.5 Å². The lowest BCUT2D eigenvalue weighted by molar-refractivity contribution is -0.133. The van der Waals surface area contributed by atoms with E-state index >= 15 is 0 Å². The van der Waals surface area contributed by atoms with Crippen LogP contribution in [0.4, 0.5) is 4.39 Å². The second kappa shape index (κ2) is 9.34. The number of hydrogen-bond acceptors (Lipinski definition) is 2. The van der Waals surface area contributed by atoms with Gasteiger partial charge in [-0.1, -0.05) is 26.7 Å². The predicted molar refractivity (Wildman–Crippen MR) is 78.3 cm³/mol. The van der Waals surface area contributed by atoms with Crippen LogP contribution in [-0.4, -0.2) is 30.5 Å². The molecule has 0 spiro atoms. The van der Waals surface area contributed by atoms with Crippen LogP contribution < -0.4 is 4.74 Å². The number of carbonyl (C=O) groups is 1. The minimum Gasteiger partial charge on any atom is -0.484 e. The first-order valence-corrected chi connectivity index (χ1v) is 7.33. The van der Waals surface area contributed by atoms with Crippen LogP contribution in [0.25, 0.3) is 0 Å². The van der Waals surface area contributed by atoms with E-state index in [4.69, 9.17) is 4.74 Å². The highest BCUT2D eigenvalue weighted by Gasteiger charge is 2.13. The van der Waals surface area contributed by atoms with E-state index in [0.717, 1.165) is 38.8 Å². The molecule has 20 heavy (non-hydrogen) atoms. The average molecular weight is 281 g/mol. The summed E-state index contributed by atoms with van der Waals surface area (Å²) in [5.74, 6) is 0.207. The van der Waals surface area contributed by atoms with Crippen molar-refractivity contribution in [3.63, 3.8) is 0 Å². The number of ether oxygens (including phenoxy) is 1. The molecule has 1 aromatic carbocycles. The van der Waals surface area contributed by atoms with Gasteiger partial charge in [0.2, 0.25) is 0 Å². The molecule has 0 bridgehead atoms. The highest BCUT2D eigenvalue weighted by Crippen LogP contribution is 2.11. The molecule has 1 amide bonds. The molecule has 0 fully saturated rings. The Kier molecular flexibility index (Phi) is 7.70. The second-order valence-electron chi connectivity index (χ2n) is 4.83. The van der Waals surface area contributed by atoms with Crippen LogP contribution in [0.1, 0.15) is 39.5 Å². The second-order valence-corrected chi connectivity index (χ2v) is 4.83. The number of hydrogen-bond donors (Lipinski definition) is 0. The number of amides is 1. The third kappa shape index (κ3) is 6.04. The molecule has 1 rings (SSSR count). The smallest absolute Gasteiger partial charge is 0.260 e. The van der Waals surface area contributed by atoms with Gasteiger partial charge < -0.3 is 9.64 Å². The molecule has 1 aromatic rings. The lowest BCUT2D eigenvalue weighted by atomic mass is 10.2. The Hall–Kier alpha value is -1.58. The first-order valence-electron chi connectivity index (χ1n) is 7.33. The van der Waals surface area contributed by atoms with Gasteiger partial charge in [-0.25, -0.2) is 4.39 Å². The first kappa shape index (κ1) is 16.5. The molecule has 0 N–H and O–H groups in total. The van der Waals surface area contributed by atoms with Crippen molar-refractivity contribution in [2.24, 2.45) is 0 Å². The molecule has 0 saturated heterocycles. The minimum absolute atomic E-state index is 0.00350. The van der Waals surface area contributed by atoms with Crippen LogP contribution in [0.15, 0.2) is 24.3 Å². The van der Waals surface area contributed by atoms with Gasteiger partial charge in [0.1, 0.15) is 11.6 Å². The van der Waals surface area contributed by atoms with E-state index in [1.165, 1.54) is 24.3 Å². The summed E-state index contributed by atoms with van der Waals surface area (Å²) in [6.07, 6.45) is 4.14. The Morgan fingerprint density at radius 1 is 1.10 bits per heavy atom. The third-order valence-corrected chi connectivity index (χ3v) is 3.09. The summed E-state index contributed by atoms with van der Waals surface area (Å²) in [4.78, 5) is 14.0. The Bertz CT molecular complexity index is 384. The maximum atomic E-state index is 12.8. The van der Waals surface area contributed by atoms with E-state index in [1.807, 2.05) is 4.90 Å². The number of benzene rings is 1. The maximum Gasteiger partial charge on any atom is 0.260 e. The zero-order chi connectivity index (χ0) is 14.8. The van der Waals surface area contributed by atoms with Crippen molar-refractivity contribution in [1.82, 2.24) is 4.90 Å². The highest BCUT2D eigenvalue weighted by molar-refractivity contribution is 5.77. The van der Waals surface area contributed by atoms with Gasteiger partial charge in [-0.3, -0.25) is 4.79 Å². The van der Waals surface area contributed by atoms with Gasteiger partial charge in [-0.2, -0.15) is 0 Å². The van der Waals surface area contributed by atoms with Crippen molar-refractivity contribution in [1.29, 1.82) is 0 Å². The first-order chi connectivity index (χ1) is 9.67. The normalized spacial score (nSPS) is 10.3. The number of unbranched alkanes of at least 4 members (excludes halogenated alkanes) is 2. The van der Waals surface area contributed by atoms with E-state index in [2.05, 4.69) is 13.8 Å². The molecule has 0 radical (unpaired) electrons. The molecule has 0 aliphatic rings. The molecular formula is C16H24FNO2. The van der Waals surface area contributed by atoms with Crippen molar-refractivity contribution in [2.45, 2.75) is 39.5 Å². The van der Waals surface area contributed by atoms with E-state index in [9.17, 15) is 9.18 Å². The largest absolute Gasteiger partial charge is 0.484 e. The molecule has 0 aliphatic carbocycles. The van der Waals surface area contributed by atoms with Crippen LogP contribution in [0.2, 0.25) is 0 Å². The van der Waals surface area contributed by atoms with Crippen molar-refractivity contribution < 1.29 is 13.9 Å². The molecule has 0 aromatic heterocycles. The summed E-state index contributed by atoms with van der Waals surface area (Å²) in [6, 6.07) is 5.72. The number of carbonyl (C=O) groups excluding carboxylic acids is 1. The predicted octanol–water partition coefficient (Wildman–Crippen LogP) is 3.63. The fraction of sp³-hybridized carbons (Fsp3) is 0.562. The van der Waals surface area contributed by atoms with Crippen molar-refractivity contribution in [2.75, 3.05) is 19.7 Å². The fourth-order valence-corrected chi connectivity index (χ4v) is 1.83. The van der Waals surface area contributed by atoms with Crippen LogP contribution in [0.5, 0.6) is 5.75 Å². The molecule has 0 saturated carbocycles. The lowest BCUT2D eigenvalue weighted by Crippen LogP contribution is -2.36. The quantitative estimate of drug-likeness (QED) is 0.691. The molecule has 0 heterocycles. The maximum absolute atomic E-state index is 12.8. The van der Waals surface area contributed by atoms with Crippen molar-refractivity contribution >= 4 is 5.91 Å². The fourth-order valence-electron chi connectivity index (χ4n) is 1.83. The summed E-state index contributed by atoms with van der Waals surface area (Å²) in [5, 5.41) is 0. The summed E-state index contributed by atoms with van der Waals surface area (Å²) < 4.78 is 18.2. The van der Waals surface area contributed by atoms with Gasteiger partial charge in [0.05, 0.1) is 0 Å². The zero-order valence-electron chi connectivity index (χ0n) is 12.4. The van der Waals surface area contributed by atoms with Crippen LogP contribution in [0, 0.1) is 5.82 Å². The van der Waals surface area contributed by atoms with Crippen molar-refractivity contribution in [3.05, 3.63) is 30.1 Å². The van der Waals surface area contributed by atoms with Gasteiger partial charge in [-0.15, -0.1) is 0 Å². The molecule has 0 atom stereocenters. The van der Waals surface area contributed by atoms with Crippen LogP contribution >= 0.6 is 0 Å². The molecular weight excluding hydrogens is 257 g/mol. The van der Waals surface area contributed by atoms with Gasteiger partial charge in [0.15, 0.2) is 6.61 Å². The highest BCUT2D eigenvalue weighted by atomic mass is 19.1. The molecule has 0 unspecified atom stereocenters. The average Bonchev–Trinajstić information content (AvgIpc) is 2.46. The molecule has 3 nitrogen and oxygen atoms in total. The van der Waals surface area contributed by atoms with Crippen LogP contribution in [0.3, 0.4) is 0 Å². The Labute approximate surface area is 120 Å². The van der Waals surface area contributed by atoms with Crippen LogP contribution in [-0.2, 0) is 4.79 Å². The molecule has 0 aliphatic heterocycles. The van der Waals surface area contributed by atoms with Crippen molar-refractivity contribution in [3.8, 4) is 5.75 Å². The Morgan fingerprint density at radius 2 is 1.65 bits per heavy atom. The van der Waals surface area contributed by atoms with Gasteiger partial charge in [0.25, 0.3) is 5.91 Å². The van der Waals surface area contributed by atoms with E-state index < -0.39 is 0 Å². The molecule has 4 heteroatoms. The van der Waals surface area contributed by atoms with E-state index in [1.54, 1.807) is 0 Å². The third-order valence-electron chi connectivity index (χ3n) is 3.09. The van der Waals surface area contributed by atoms with Gasteiger partial charge >= 0.3 is 0 Å². The van der Waals surface area contributed by atoms with Gasteiger partial charge in [-0.05, 0) is 37.1 Å². The number of halogens is 1. The Morgan fingerprint density at radius 3 is 2.15 bits per heavy atom. The Balaban J connectivity index is 2.45. The summed E-state index contributed by atoms with van der Waals surface area (Å²) in [6.45, 7) is 5.79. The monoisotopic (exact) mass is 281 g/mol. The molecule has 112 valence electrons. The number of nitrogens with zero attached hydrogens (tertiary/aromatic N) is 1. The summed E-state index contributed by atoms with van der Waals surface area (Å²) >= 11 is 0. The minimum atomic E-state index is -0.309. The lowest BCUT2D eigenvalue weighted by Gasteiger charge is -2.22. The summed E-state index contributed by atoms with van der Waals surface area (Å²) in [5.41, 5.74) is 0. The van der Waals surface area contributed by atoms with E-state index in [0.29, 0.717) is 5.75 Å². The zero-order valence-corrected chi connectivity index (χ0v) is 12.4. The van der Waals surface area contributed by atoms with Gasteiger partial charge in [0, 0.05) is 13.1 Å². The van der Waals surface area contributed by atoms with E-state index in [-0.39, 0.29) is 18.3 Å². The standard InChI is InChI=1S/C16H24FNO2/c1-3-5-11-18(12-6-4-2)16(19)13-20-15-9-7-14(17)8-10-15/h7-10H,3-6,11-13H2,1-2H3. The summed E-state index contributed by atoms with van der Waals surface area (Å²) in [7, 11) is 0. The number of rotatable bonds is 9.